The molecule has 0 amide bonds. The van der Waals surface area contributed by atoms with Crippen LogP contribution < -0.4 is 4.90 Å². The Morgan fingerprint density at radius 2 is 1.77 bits per heavy atom. The zero-order valence-electron chi connectivity index (χ0n) is 17.2. The van der Waals surface area contributed by atoms with Gasteiger partial charge in [-0.1, -0.05) is 48.5 Å². The molecule has 30 heavy (non-hydrogen) atoms. The molecule has 1 aliphatic heterocycles. The van der Waals surface area contributed by atoms with Crippen molar-refractivity contribution in [2.75, 3.05) is 38.3 Å². The molecule has 1 aliphatic rings. The van der Waals surface area contributed by atoms with Crippen LogP contribution in [0.25, 0.3) is 16.2 Å². The quantitative estimate of drug-likeness (QED) is 0.461. The van der Waals surface area contributed by atoms with E-state index in [1.165, 1.54) is 22.5 Å². The Morgan fingerprint density at radius 1 is 1.00 bits per heavy atom. The molecule has 0 unspecified atom stereocenters. The molecule has 6 heteroatoms. The minimum absolute atomic E-state index is 0.802. The van der Waals surface area contributed by atoms with Gasteiger partial charge < -0.3 is 9.64 Å². The molecule has 1 fully saturated rings. The van der Waals surface area contributed by atoms with Crippen molar-refractivity contribution in [1.29, 1.82) is 0 Å². The van der Waals surface area contributed by atoms with Crippen LogP contribution in [0.2, 0.25) is 0 Å². The third-order valence-corrected chi connectivity index (χ3v) is 6.37. The molecular weight excluding hydrogens is 392 g/mol. The molecule has 2 aromatic heterocycles. The Morgan fingerprint density at radius 3 is 2.60 bits per heavy atom. The Labute approximate surface area is 181 Å². The number of fused-ring (bicyclic) bond motifs is 1. The van der Waals surface area contributed by atoms with E-state index >= 15 is 0 Å². The van der Waals surface area contributed by atoms with E-state index in [9.17, 15) is 0 Å². The van der Waals surface area contributed by atoms with Crippen molar-refractivity contribution >= 4 is 22.0 Å². The van der Waals surface area contributed by atoms with Crippen LogP contribution in [0.5, 0.6) is 0 Å². The Kier molecular flexibility index (Phi) is 5.53. The lowest BCUT2D eigenvalue weighted by Gasteiger charge is -2.31. The molecule has 0 N–H and O–H groups in total. The van der Waals surface area contributed by atoms with Gasteiger partial charge in [0.2, 0.25) is 0 Å². The van der Waals surface area contributed by atoms with Crippen LogP contribution in [0, 0.1) is 0 Å². The number of morpholine rings is 1. The van der Waals surface area contributed by atoms with Gasteiger partial charge in [0.1, 0.15) is 0 Å². The van der Waals surface area contributed by atoms with E-state index in [4.69, 9.17) is 9.72 Å². The number of benzene rings is 2. The third kappa shape index (κ3) is 3.86. The smallest absolute Gasteiger partial charge is 0.194 e. The molecule has 0 saturated carbocycles. The topological polar surface area (TPSA) is 33.0 Å². The maximum atomic E-state index is 5.54. The zero-order chi connectivity index (χ0) is 20.3. The van der Waals surface area contributed by atoms with E-state index in [2.05, 4.69) is 87.4 Å². The third-order valence-electron chi connectivity index (χ3n) is 5.61. The Balaban J connectivity index is 1.41. The highest BCUT2D eigenvalue weighted by Crippen LogP contribution is 2.29. The molecule has 3 heterocycles. The molecule has 5 nitrogen and oxygen atoms in total. The summed E-state index contributed by atoms with van der Waals surface area (Å²) in [7, 11) is 2.19. The molecule has 0 atom stereocenters. The fraction of sp³-hybridized carbons (Fsp3) is 0.292. The first-order valence-corrected chi connectivity index (χ1v) is 11.3. The predicted molar refractivity (Wildman–Crippen MR) is 123 cm³/mol. The van der Waals surface area contributed by atoms with Gasteiger partial charge in [0.25, 0.3) is 0 Å². The molecule has 2 aromatic carbocycles. The van der Waals surface area contributed by atoms with E-state index in [1.54, 1.807) is 11.3 Å². The van der Waals surface area contributed by atoms with Crippen molar-refractivity contribution in [1.82, 2.24) is 14.3 Å². The van der Waals surface area contributed by atoms with Gasteiger partial charge in [-0.05, 0) is 18.7 Å². The number of hydrogen-bond donors (Lipinski definition) is 0. The zero-order valence-corrected chi connectivity index (χ0v) is 18.0. The van der Waals surface area contributed by atoms with Crippen molar-refractivity contribution in [3.63, 3.8) is 0 Å². The average Bonchev–Trinajstić information content (AvgIpc) is 3.38. The van der Waals surface area contributed by atoms with Gasteiger partial charge in [-0.15, -0.1) is 11.3 Å². The van der Waals surface area contributed by atoms with Gasteiger partial charge in [-0.2, -0.15) is 0 Å². The van der Waals surface area contributed by atoms with Crippen molar-refractivity contribution in [2.45, 2.75) is 13.1 Å². The Bertz CT molecular complexity index is 1110. The van der Waals surface area contributed by atoms with Crippen LogP contribution >= 0.6 is 11.3 Å². The maximum absolute atomic E-state index is 5.54. The summed E-state index contributed by atoms with van der Waals surface area (Å²) in [6, 6.07) is 19.2. The lowest BCUT2D eigenvalue weighted by molar-refractivity contribution is 0.122. The fourth-order valence-electron chi connectivity index (χ4n) is 4.17. The second-order valence-electron chi connectivity index (χ2n) is 7.73. The number of aromatic nitrogens is 2. The van der Waals surface area contributed by atoms with Gasteiger partial charge in [-0.25, -0.2) is 4.98 Å². The number of anilines is 1. The molecule has 154 valence electrons. The number of hydrogen-bond acceptors (Lipinski definition) is 5. The first kappa shape index (κ1) is 19.3. The molecule has 0 aliphatic carbocycles. The highest BCUT2D eigenvalue weighted by atomic mass is 32.1. The summed E-state index contributed by atoms with van der Waals surface area (Å²) in [5.41, 5.74) is 6.17. The summed E-state index contributed by atoms with van der Waals surface area (Å²) in [6.07, 6.45) is 2.13. The number of nitrogens with zero attached hydrogens (tertiary/aromatic N) is 4. The summed E-state index contributed by atoms with van der Waals surface area (Å²) < 4.78 is 7.77. The molecule has 0 radical (unpaired) electrons. The van der Waals surface area contributed by atoms with Crippen molar-refractivity contribution in [3.8, 4) is 11.3 Å². The monoisotopic (exact) mass is 418 g/mol. The second kappa shape index (κ2) is 8.60. The first-order valence-electron chi connectivity index (χ1n) is 10.4. The molecule has 0 spiro atoms. The summed E-state index contributed by atoms with van der Waals surface area (Å²) >= 11 is 1.68. The van der Waals surface area contributed by atoms with Crippen LogP contribution in [0.1, 0.15) is 11.3 Å². The largest absolute Gasteiger partial charge is 0.378 e. The van der Waals surface area contributed by atoms with Crippen LogP contribution in [0.15, 0.2) is 66.2 Å². The number of rotatable bonds is 6. The molecule has 4 aromatic rings. The maximum Gasteiger partial charge on any atom is 0.194 e. The van der Waals surface area contributed by atoms with Gasteiger partial charge in [-0.3, -0.25) is 9.30 Å². The second-order valence-corrected chi connectivity index (χ2v) is 8.60. The van der Waals surface area contributed by atoms with Gasteiger partial charge in [0.05, 0.1) is 24.6 Å². The summed E-state index contributed by atoms with van der Waals surface area (Å²) in [5, 5.41) is 2.11. The van der Waals surface area contributed by atoms with Gasteiger partial charge in [0.15, 0.2) is 4.96 Å². The minimum atomic E-state index is 0.802. The first-order chi connectivity index (χ1) is 14.8. The van der Waals surface area contributed by atoms with Crippen LogP contribution in [-0.4, -0.2) is 47.6 Å². The van der Waals surface area contributed by atoms with Crippen molar-refractivity contribution < 1.29 is 4.74 Å². The summed E-state index contributed by atoms with van der Waals surface area (Å²) in [4.78, 5) is 10.8. The van der Waals surface area contributed by atoms with Crippen molar-refractivity contribution in [2.24, 2.45) is 0 Å². The summed E-state index contributed by atoms with van der Waals surface area (Å²) in [6.45, 7) is 5.24. The fourth-order valence-corrected chi connectivity index (χ4v) is 4.90. The normalized spacial score (nSPS) is 14.7. The number of thiazole rings is 1. The molecule has 0 bridgehead atoms. The van der Waals surface area contributed by atoms with Crippen LogP contribution in [0.4, 0.5) is 5.69 Å². The predicted octanol–water partition coefficient (Wildman–Crippen LogP) is 4.53. The van der Waals surface area contributed by atoms with E-state index in [0.717, 1.165) is 50.0 Å². The Hall–Kier alpha value is -2.67. The van der Waals surface area contributed by atoms with E-state index in [0.29, 0.717) is 0 Å². The van der Waals surface area contributed by atoms with E-state index in [1.807, 2.05) is 0 Å². The van der Waals surface area contributed by atoms with Crippen LogP contribution in [0.3, 0.4) is 0 Å². The van der Waals surface area contributed by atoms with Gasteiger partial charge in [0, 0.05) is 49.0 Å². The SMILES string of the molecule is CN(Cc1ccccc1N1CCOCC1)Cc1c(-c2ccccc2)nc2sccn12. The molecular formula is C24H26N4OS. The number of ether oxygens (including phenoxy) is 1. The highest BCUT2D eigenvalue weighted by Gasteiger charge is 2.19. The lowest BCUT2D eigenvalue weighted by Crippen LogP contribution is -2.37. The summed E-state index contributed by atoms with van der Waals surface area (Å²) in [5.74, 6) is 0. The van der Waals surface area contributed by atoms with E-state index in [-0.39, 0.29) is 0 Å². The molecule has 1 saturated heterocycles. The minimum Gasteiger partial charge on any atom is -0.378 e. The van der Waals surface area contributed by atoms with E-state index < -0.39 is 0 Å². The van der Waals surface area contributed by atoms with Crippen molar-refractivity contribution in [3.05, 3.63) is 77.4 Å². The standard InChI is InChI=1S/C24H26N4OS/c1-26(17-20-9-5-6-10-21(20)27-11-14-29-15-12-27)18-22-23(19-7-3-2-4-8-19)25-24-28(22)13-16-30-24/h2-10,13,16H,11-12,14-15,17-18H2,1H3. The molecule has 5 rings (SSSR count). The highest BCUT2D eigenvalue weighted by molar-refractivity contribution is 7.15. The number of para-hydroxylation sites is 1. The number of imidazole rings is 1. The van der Waals surface area contributed by atoms with Gasteiger partial charge >= 0.3 is 0 Å². The average molecular weight is 419 g/mol. The lowest BCUT2D eigenvalue weighted by atomic mass is 10.1. The van der Waals surface area contributed by atoms with Crippen LogP contribution in [-0.2, 0) is 17.8 Å².